The van der Waals surface area contributed by atoms with Crippen molar-refractivity contribution in [3.05, 3.63) is 23.9 Å². The average molecular weight is 193 g/mol. The van der Waals surface area contributed by atoms with Gasteiger partial charge in [-0.05, 0) is 32.4 Å². The van der Waals surface area contributed by atoms with Crippen molar-refractivity contribution in [2.45, 2.75) is 26.8 Å². The van der Waals surface area contributed by atoms with E-state index in [2.05, 4.69) is 36.7 Å². The number of pyridine rings is 1. The molecule has 0 atom stereocenters. The summed E-state index contributed by atoms with van der Waals surface area (Å²) in [7, 11) is 0. The Bertz CT molecular complexity index is 284. The SMILES string of the molecule is Cc1cccnc1N(CCN)C(C)C. The summed E-state index contributed by atoms with van der Waals surface area (Å²) in [4.78, 5) is 6.62. The summed E-state index contributed by atoms with van der Waals surface area (Å²) < 4.78 is 0. The van der Waals surface area contributed by atoms with E-state index in [-0.39, 0.29) is 0 Å². The molecule has 1 heterocycles. The Morgan fingerprint density at radius 3 is 2.71 bits per heavy atom. The first-order valence-electron chi connectivity index (χ1n) is 5.05. The van der Waals surface area contributed by atoms with Gasteiger partial charge in [-0.3, -0.25) is 0 Å². The fourth-order valence-corrected chi connectivity index (χ4v) is 1.53. The summed E-state index contributed by atoms with van der Waals surface area (Å²) in [5.41, 5.74) is 6.79. The van der Waals surface area contributed by atoms with E-state index in [9.17, 15) is 0 Å². The topological polar surface area (TPSA) is 42.2 Å². The number of hydrogen-bond donors (Lipinski definition) is 1. The van der Waals surface area contributed by atoms with Crippen LogP contribution in [0.2, 0.25) is 0 Å². The van der Waals surface area contributed by atoms with Gasteiger partial charge >= 0.3 is 0 Å². The van der Waals surface area contributed by atoms with Crippen LogP contribution in [0.1, 0.15) is 19.4 Å². The molecular formula is C11H19N3. The number of hydrogen-bond acceptors (Lipinski definition) is 3. The van der Waals surface area contributed by atoms with Crippen molar-refractivity contribution in [1.29, 1.82) is 0 Å². The molecule has 3 heteroatoms. The smallest absolute Gasteiger partial charge is 0.131 e. The van der Waals surface area contributed by atoms with Gasteiger partial charge in [-0.1, -0.05) is 6.07 Å². The Balaban J connectivity index is 2.93. The normalized spacial score (nSPS) is 10.6. The van der Waals surface area contributed by atoms with Gasteiger partial charge in [0.25, 0.3) is 0 Å². The summed E-state index contributed by atoms with van der Waals surface area (Å²) in [6.07, 6.45) is 1.83. The van der Waals surface area contributed by atoms with Gasteiger partial charge in [-0.2, -0.15) is 0 Å². The van der Waals surface area contributed by atoms with Crippen LogP contribution in [0.3, 0.4) is 0 Å². The lowest BCUT2D eigenvalue weighted by molar-refractivity contribution is 0.672. The minimum Gasteiger partial charge on any atom is -0.353 e. The Hall–Kier alpha value is -1.09. The number of aryl methyl sites for hydroxylation is 1. The molecule has 78 valence electrons. The summed E-state index contributed by atoms with van der Waals surface area (Å²) >= 11 is 0. The largest absolute Gasteiger partial charge is 0.353 e. The molecular weight excluding hydrogens is 174 g/mol. The molecule has 0 saturated carbocycles. The van der Waals surface area contributed by atoms with E-state index in [1.807, 2.05) is 12.3 Å². The highest BCUT2D eigenvalue weighted by molar-refractivity contribution is 5.46. The monoisotopic (exact) mass is 193 g/mol. The van der Waals surface area contributed by atoms with Crippen molar-refractivity contribution in [2.24, 2.45) is 5.73 Å². The van der Waals surface area contributed by atoms with E-state index in [0.29, 0.717) is 12.6 Å². The van der Waals surface area contributed by atoms with Crippen LogP contribution in [0.5, 0.6) is 0 Å². The quantitative estimate of drug-likeness (QED) is 0.789. The molecule has 0 aromatic carbocycles. The van der Waals surface area contributed by atoms with Crippen LogP contribution in [0.4, 0.5) is 5.82 Å². The van der Waals surface area contributed by atoms with Gasteiger partial charge in [0.2, 0.25) is 0 Å². The zero-order chi connectivity index (χ0) is 10.6. The number of rotatable bonds is 4. The van der Waals surface area contributed by atoms with Crippen molar-refractivity contribution < 1.29 is 0 Å². The molecule has 2 N–H and O–H groups in total. The summed E-state index contributed by atoms with van der Waals surface area (Å²) in [6, 6.07) is 4.47. The summed E-state index contributed by atoms with van der Waals surface area (Å²) in [5, 5.41) is 0. The van der Waals surface area contributed by atoms with E-state index in [4.69, 9.17) is 5.73 Å². The van der Waals surface area contributed by atoms with E-state index < -0.39 is 0 Å². The second-order valence-electron chi connectivity index (χ2n) is 3.72. The molecule has 1 aromatic heterocycles. The Kier molecular flexibility index (Phi) is 3.89. The lowest BCUT2D eigenvalue weighted by atomic mass is 10.2. The van der Waals surface area contributed by atoms with Crippen LogP contribution in [0.25, 0.3) is 0 Å². The van der Waals surface area contributed by atoms with Gasteiger partial charge < -0.3 is 10.6 Å². The van der Waals surface area contributed by atoms with Crippen molar-refractivity contribution in [1.82, 2.24) is 4.98 Å². The minimum atomic E-state index is 0.437. The highest BCUT2D eigenvalue weighted by Crippen LogP contribution is 2.17. The third kappa shape index (κ3) is 2.45. The number of nitrogens with zero attached hydrogens (tertiary/aromatic N) is 2. The molecule has 0 aliphatic rings. The first kappa shape index (κ1) is 11.0. The maximum Gasteiger partial charge on any atom is 0.131 e. The van der Waals surface area contributed by atoms with Gasteiger partial charge in [0.15, 0.2) is 0 Å². The first-order chi connectivity index (χ1) is 6.66. The van der Waals surface area contributed by atoms with Crippen molar-refractivity contribution in [3.8, 4) is 0 Å². The fourth-order valence-electron chi connectivity index (χ4n) is 1.53. The Labute approximate surface area is 85.9 Å². The molecule has 0 aliphatic heterocycles. The van der Waals surface area contributed by atoms with Crippen LogP contribution in [0.15, 0.2) is 18.3 Å². The molecule has 0 bridgehead atoms. The predicted octanol–water partition coefficient (Wildman–Crippen LogP) is 1.56. The van der Waals surface area contributed by atoms with Gasteiger partial charge in [0.05, 0.1) is 0 Å². The van der Waals surface area contributed by atoms with Crippen molar-refractivity contribution in [3.63, 3.8) is 0 Å². The minimum absolute atomic E-state index is 0.437. The highest BCUT2D eigenvalue weighted by atomic mass is 15.2. The van der Waals surface area contributed by atoms with E-state index in [1.54, 1.807) is 0 Å². The predicted molar refractivity (Wildman–Crippen MR) is 60.5 cm³/mol. The molecule has 1 rings (SSSR count). The second-order valence-corrected chi connectivity index (χ2v) is 3.72. The third-order valence-corrected chi connectivity index (χ3v) is 2.25. The maximum atomic E-state index is 5.59. The van der Waals surface area contributed by atoms with Crippen LogP contribution in [0, 0.1) is 6.92 Å². The molecule has 0 unspecified atom stereocenters. The van der Waals surface area contributed by atoms with Crippen LogP contribution < -0.4 is 10.6 Å². The maximum absolute atomic E-state index is 5.59. The molecule has 0 saturated heterocycles. The lowest BCUT2D eigenvalue weighted by Gasteiger charge is -2.28. The lowest BCUT2D eigenvalue weighted by Crippen LogP contribution is -2.36. The molecule has 0 radical (unpaired) electrons. The second kappa shape index (κ2) is 4.96. The molecule has 0 amide bonds. The average Bonchev–Trinajstić information content (AvgIpc) is 2.15. The Morgan fingerprint density at radius 2 is 2.21 bits per heavy atom. The van der Waals surface area contributed by atoms with E-state index >= 15 is 0 Å². The fraction of sp³-hybridized carbons (Fsp3) is 0.545. The third-order valence-electron chi connectivity index (χ3n) is 2.25. The number of aromatic nitrogens is 1. The zero-order valence-corrected chi connectivity index (χ0v) is 9.20. The van der Waals surface area contributed by atoms with Crippen molar-refractivity contribution >= 4 is 5.82 Å². The molecule has 0 spiro atoms. The number of nitrogens with two attached hydrogens (primary N) is 1. The molecule has 0 fully saturated rings. The number of anilines is 1. The zero-order valence-electron chi connectivity index (χ0n) is 9.20. The van der Waals surface area contributed by atoms with Gasteiger partial charge in [-0.15, -0.1) is 0 Å². The molecule has 1 aromatic rings. The van der Waals surface area contributed by atoms with E-state index in [1.165, 1.54) is 5.56 Å². The van der Waals surface area contributed by atoms with Gasteiger partial charge in [0.1, 0.15) is 5.82 Å². The van der Waals surface area contributed by atoms with Crippen molar-refractivity contribution in [2.75, 3.05) is 18.0 Å². The molecule has 3 nitrogen and oxygen atoms in total. The standard InChI is InChI=1S/C11H19N3/c1-9(2)14(8-6-12)11-10(3)5-4-7-13-11/h4-5,7,9H,6,8,12H2,1-3H3. The summed E-state index contributed by atoms with van der Waals surface area (Å²) in [6.45, 7) is 7.91. The van der Waals surface area contributed by atoms with Crippen LogP contribution in [-0.2, 0) is 0 Å². The first-order valence-corrected chi connectivity index (χ1v) is 5.05. The highest BCUT2D eigenvalue weighted by Gasteiger charge is 2.12. The molecule has 0 aliphatic carbocycles. The van der Waals surface area contributed by atoms with Crippen LogP contribution in [-0.4, -0.2) is 24.1 Å². The van der Waals surface area contributed by atoms with Gasteiger partial charge in [0, 0.05) is 25.3 Å². The summed E-state index contributed by atoms with van der Waals surface area (Å²) in [5.74, 6) is 1.05. The molecule has 14 heavy (non-hydrogen) atoms. The Morgan fingerprint density at radius 1 is 1.50 bits per heavy atom. The van der Waals surface area contributed by atoms with Crippen LogP contribution >= 0.6 is 0 Å². The van der Waals surface area contributed by atoms with Gasteiger partial charge in [-0.25, -0.2) is 4.98 Å². The van der Waals surface area contributed by atoms with E-state index in [0.717, 1.165) is 12.4 Å².